The molecule has 0 spiro atoms. The second-order valence-corrected chi connectivity index (χ2v) is 5.83. The normalized spacial score (nSPS) is 11.7. The zero-order valence-electron chi connectivity index (χ0n) is 13.3. The predicted molar refractivity (Wildman–Crippen MR) is 86.2 cm³/mol. The lowest BCUT2D eigenvalue weighted by Gasteiger charge is -2.06. The Morgan fingerprint density at radius 2 is 2.00 bits per heavy atom. The summed E-state index contributed by atoms with van der Waals surface area (Å²) in [7, 11) is 0. The van der Waals surface area contributed by atoms with Crippen molar-refractivity contribution in [2.24, 2.45) is 0 Å². The molecule has 1 aromatic heterocycles. The average Bonchev–Trinajstić information content (AvgIpc) is 2.79. The van der Waals surface area contributed by atoms with E-state index in [1.54, 1.807) is 0 Å². The molecule has 0 atom stereocenters. The van der Waals surface area contributed by atoms with Crippen molar-refractivity contribution in [3.63, 3.8) is 0 Å². The van der Waals surface area contributed by atoms with Gasteiger partial charge in [-0.15, -0.1) is 0 Å². The first-order chi connectivity index (χ1) is 9.65. The largest absolute Gasteiger partial charge is 0.459 e. The number of furan rings is 1. The number of hydrogen-bond donors (Lipinski definition) is 1. The maximum atomic E-state index is 6.04. The fourth-order valence-electron chi connectivity index (χ4n) is 2.61. The number of rotatable bonds is 7. The highest BCUT2D eigenvalue weighted by Crippen LogP contribution is 2.28. The fraction of sp³-hybridized carbons (Fsp3) is 0.556. The molecule has 1 aromatic carbocycles. The van der Waals surface area contributed by atoms with E-state index in [9.17, 15) is 0 Å². The van der Waals surface area contributed by atoms with E-state index in [0.717, 1.165) is 24.3 Å². The van der Waals surface area contributed by atoms with Crippen LogP contribution >= 0.6 is 0 Å². The maximum absolute atomic E-state index is 6.04. The van der Waals surface area contributed by atoms with Gasteiger partial charge in [-0.05, 0) is 37.0 Å². The van der Waals surface area contributed by atoms with Gasteiger partial charge in [-0.2, -0.15) is 0 Å². The van der Waals surface area contributed by atoms with Crippen LogP contribution in [-0.2, 0) is 19.4 Å². The molecule has 0 fully saturated rings. The van der Waals surface area contributed by atoms with Gasteiger partial charge < -0.3 is 9.73 Å². The second-order valence-electron chi connectivity index (χ2n) is 5.83. The molecule has 1 heterocycles. The standard InChI is InChI=1S/C18H27NO/c1-5-7-8-14-9-10-17-16(11-14)15(6-2)18(20-17)12-19-13(3)4/h9-11,13,19H,5-8,12H2,1-4H3. The van der Waals surface area contributed by atoms with Crippen molar-refractivity contribution in [1.82, 2.24) is 5.32 Å². The van der Waals surface area contributed by atoms with Crippen LogP contribution in [0, 0.1) is 0 Å². The summed E-state index contributed by atoms with van der Waals surface area (Å²) in [5, 5.41) is 4.76. The molecule has 2 rings (SSSR count). The van der Waals surface area contributed by atoms with Gasteiger partial charge in [0.15, 0.2) is 0 Å². The summed E-state index contributed by atoms with van der Waals surface area (Å²) in [5.74, 6) is 1.10. The van der Waals surface area contributed by atoms with Crippen LogP contribution in [0.25, 0.3) is 11.0 Å². The van der Waals surface area contributed by atoms with Crippen molar-refractivity contribution in [2.75, 3.05) is 0 Å². The van der Waals surface area contributed by atoms with Gasteiger partial charge in [-0.25, -0.2) is 0 Å². The Morgan fingerprint density at radius 3 is 2.65 bits per heavy atom. The first-order valence-corrected chi connectivity index (χ1v) is 7.92. The third-order valence-corrected chi connectivity index (χ3v) is 3.78. The van der Waals surface area contributed by atoms with E-state index in [4.69, 9.17) is 4.42 Å². The maximum Gasteiger partial charge on any atom is 0.134 e. The summed E-state index contributed by atoms with van der Waals surface area (Å²) in [6.45, 7) is 9.60. The van der Waals surface area contributed by atoms with E-state index in [1.807, 2.05) is 0 Å². The average molecular weight is 273 g/mol. The quantitative estimate of drug-likeness (QED) is 0.781. The highest BCUT2D eigenvalue weighted by Gasteiger charge is 2.13. The Labute approximate surface area is 122 Å². The van der Waals surface area contributed by atoms with Crippen molar-refractivity contribution in [1.29, 1.82) is 0 Å². The van der Waals surface area contributed by atoms with Gasteiger partial charge in [-0.1, -0.05) is 40.2 Å². The molecule has 2 heteroatoms. The van der Waals surface area contributed by atoms with Crippen LogP contribution in [0.3, 0.4) is 0 Å². The second kappa shape index (κ2) is 6.94. The number of unbranched alkanes of at least 4 members (excludes halogenated alkanes) is 1. The van der Waals surface area contributed by atoms with Crippen molar-refractivity contribution in [3.8, 4) is 0 Å². The van der Waals surface area contributed by atoms with Crippen LogP contribution in [0.1, 0.15) is 57.4 Å². The third-order valence-electron chi connectivity index (χ3n) is 3.78. The summed E-state index contributed by atoms with van der Waals surface area (Å²) in [5.41, 5.74) is 3.83. The Morgan fingerprint density at radius 1 is 1.20 bits per heavy atom. The molecule has 0 radical (unpaired) electrons. The number of fused-ring (bicyclic) bond motifs is 1. The number of hydrogen-bond acceptors (Lipinski definition) is 2. The van der Waals surface area contributed by atoms with Crippen molar-refractivity contribution in [2.45, 2.75) is 66.0 Å². The predicted octanol–water partition coefficient (Wildman–Crippen LogP) is 4.84. The molecular formula is C18H27NO. The van der Waals surface area contributed by atoms with Gasteiger partial charge in [0, 0.05) is 17.0 Å². The summed E-state index contributed by atoms with van der Waals surface area (Å²) in [4.78, 5) is 0. The molecular weight excluding hydrogens is 246 g/mol. The SMILES string of the molecule is CCCCc1ccc2oc(CNC(C)C)c(CC)c2c1. The first kappa shape index (κ1) is 15.1. The zero-order chi connectivity index (χ0) is 14.5. The molecule has 110 valence electrons. The fourth-order valence-corrected chi connectivity index (χ4v) is 2.61. The zero-order valence-corrected chi connectivity index (χ0v) is 13.3. The van der Waals surface area contributed by atoms with E-state index in [2.05, 4.69) is 51.2 Å². The Hall–Kier alpha value is -1.28. The first-order valence-electron chi connectivity index (χ1n) is 7.92. The summed E-state index contributed by atoms with van der Waals surface area (Å²) >= 11 is 0. The van der Waals surface area contributed by atoms with Gasteiger partial charge >= 0.3 is 0 Å². The van der Waals surface area contributed by atoms with E-state index < -0.39 is 0 Å². The topological polar surface area (TPSA) is 25.2 Å². The van der Waals surface area contributed by atoms with Crippen LogP contribution in [0.4, 0.5) is 0 Å². The lowest BCUT2D eigenvalue weighted by Crippen LogP contribution is -2.22. The van der Waals surface area contributed by atoms with E-state index >= 15 is 0 Å². The van der Waals surface area contributed by atoms with Gasteiger partial charge in [-0.3, -0.25) is 0 Å². The minimum atomic E-state index is 0.480. The monoisotopic (exact) mass is 273 g/mol. The Bertz CT molecular complexity index is 554. The van der Waals surface area contributed by atoms with Gasteiger partial charge in [0.05, 0.1) is 6.54 Å². The molecule has 0 unspecified atom stereocenters. The molecule has 0 bridgehead atoms. The molecule has 0 saturated heterocycles. The molecule has 0 aliphatic heterocycles. The van der Waals surface area contributed by atoms with Crippen LogP contribution < -0.4 is 5.32 Å². The molecule has 0 aliphatic rings. The van der Waals surface area contributed by atoms with Crippen LogP contribution in [0.5, 0.6) is 0 Å². The van der Waals surface area contributed by atoms with Gasteiger partial charge in [0.1, 0.15) is 11.3 Å². The minimum Gasteiger partial charge on any atom is -0.459 e. The molecule has 0 aliphatic carbocycles. The molecule has 1 N–H and O–H groups in total. The summed E-state index contributed by atoms with van der Waals surface area (Å²) in [6.07, 6.45) is 4.69. The van der Waals surface area contributed by atoms with Crippen molar-refractivity contribution in [3.05, 3.63) is 35.1 Å². The number of aryl methyl sites for hydroxylation is 2. The Kier molecular flexibility index (Phi) is 5.24. The molecule has 20 heavy (non-hydrogen) atoms. The van der Waals surface area contributed by atoms with E-state index in [1.165, 1.54) is 35.8 Å². The third kappa shape index (κ3) is 3.43. The lowest BCUT2D eigenvalue weighted by atomic mass is 10.0. The molecule has 0 saturated carbocycles. The lowest BCUT2D eigenvalue weighted by molar-refractivity contribution is 0.483. The highest BCUT2D eigenvalue weighted by atomic mass is 16.3. The van der Waals surface area contributed by atoms with Crippen LogP contribution in [-0.4, -0.2) is 6.04 Å². The van der Waals surface area contributed by atoms with Gasteiger partial charge in [0.2, 0.25) is 0 Å². The van der Waals surface area contributed by atoms with Gasteiger partial charge in [0.25, 0.3) is 0 Å². The number of nitrogens with one attached hydrogen (secondary N) is 1. The highest BCUT2D eigenvalue weighted by molar-refractivity contribution is 5.83. The molecule has 2 nitrogen and oxygen atoms in total. The van der Waals surface area contributed by atoms with Crippen LogP contribution in [0.15, 0.2) is 22.6 Å². The smallest absolute Gasteiger partial charge is 0.134 e. The van der Waals surface area contributed by atoms with E-state index in [0.29, 0.717) is 6.04 Å². The minimum absolute atomic E-state index is 0.480. The van der Waals surface area contributed by atoms with E-state index in [-0.39, 0.29) is 0 Å². The molecule has 0 amide bonds. The number of benzene rings is 1. The van der Waals surface area contributed by atoms with Crippen molar-refractivity contribution >= 4 is 11.0 Å². The van der Waals surface area contributed by atoms with Crippen molar-refractivity contribution < 1.29 is 4.42 Å². The van der Waals surface area contributed by atoms with Crippen LogP contribution in [0.2, 0.25) is 0 Å². The molecule has 2 aromatic rings. The Balaban J connectivity index is 2.31. The summed E-state index contributed by atoms with van der Waals surface area (Å²) < 4.78 is 6.04. The summed E-state index contributed by atoms with van der Waals surface area (Å²) in [6, 6.07) is 7.15.